The molecule has 0 bridgehead atoms. The Labute approximate surface area is 160 Å². The smallest absolute Gasteiger partial charge is 0.0562 e. The second kappa shape index (κ2) is 8.81. The highest BCUT2D eigenvalue weighted by atomic mass is 32.2. The normalized spacial score (nSPS) is 17.1. The average Bonchev–Trinajstić information content (AvgIpc) is 2.68. The van der Waals surface area contributed by atoms with E-state index >= 15 is 0 Å². The number of rotatable bonds is 6. The number of allylic oxidation sites excluding steroid dienone is 3. The van der Waals surface area contributed by atoms with Gasteiger partial charge < -0.3 is 11.1 Å². The maximum Gasteiger partial charge on any atom is 0.0562 e. The van der Waals surface area contributed by atoms with E-state index in [0.717, 1.165) is 29.8 Å². The van der Waals surface area contributed by atoms with E-state index in [1.165, 1.54) is 15.4 Å². The minimum atomic E-state index is 0.628. The Morgan fingerprint density at radius 1 is 1.19 bits per heavy atom. The van der Waals surface area contributed by atoms with E-state index in [1.54, 1.807) is 11.8 Å². The van der Waals surface area contributed by atoms with Gasteiger partial charge in [0.1, 0.15) is 0 Å². The molecule has 3 heteroatoms. The van der Waals surface area contributed by atoms with Crippen LogP contribution in [0.4, 0.5) is 5.69 Å². The first-order valence-electron chi connectivity index (χ1n) is 9.12. The SMILES string of the molecule is CCc1ccc(N/C=C(\N)c2ccccc2SC2=CCC(C)C=C2)cc1. The lowest BCUT2D eigenvalue weighted by Gasteiger charge is -2.14. The number of hydrogen-bond donors (Lipinski definition) is 2. The third kappa shape index (κ3) is 4.83. The van der Waals surface area contributed by atoms with Gasteiger partial charge in [0.2, 0.25) is 0 Å². The first kappa shape index (κ1) is 18.4. The molecule has 134 valence electrons. The summed E-state index contributed by atoms with van der Waals surface area (Å²) in [7, 11) is 0. The minimum absolute atomic E-state index is 0.628. The van der Waals surface area contributed by atoms with Crippen molar-refractivity contribution in [2.24, 2.45) is 11.7 Å². The van der Waals surface area contributed by atoms with Gasteiger partial charge >= 0.3 is 0 Å². The highest BCUT2D eigenvalue weighted by molar-refractivity contribution is 8.03. The molecule has 1 aliphatic carbocycles. The molecule has 0 saturated carbocycles. The van der Waals surface area contributed by atoms with Crippen LogP contribution in [-0.2, 0) is 6.42 Å². The van der Waals surface area contributed by atoms with Gasteiger partial charge in [-0.2, -0.15) is 0 Å². The monoisotopic (exact) mass is 362 g/mol. The Balaban J connectivity index is 1.74. The summed E-state index contributed by atoms with van der Waals surface area (Å²) in [6, 6.07) is 16.7. The summed E-state index contributed by atoms with van der Waals surface area (Å²) in [6.07, 6.45) is 10.8. The molecule has 1 atom stereocenters. The molecule has 0 aromatic heterocycles. The highest BCUT2D eigenvalue weighted by Crippen LogP contribution is 2.35. The molecule has 2 aromatic carbocycles. The van der Waals surface area contributed by atoms with Crippen LogP contribution < -0.4 is 11.1 Å². The van der Waals surface area contributed by atoms with Gasteiger partial charge in [0.15, 0.2) is 0 Å². The summed E-state index contributed by atoms with van der Waals surface area (Å²) in [5, 5.41) is 3.31. The molecule has 0 fully saturated rings. The first-order valence-corrected chi connectivity index (χ1v) is 9.94. The van der Waals surface area contributed by atoms with Gasteiger partial charge in [0.05, 0.1) is 5.70 Å². The zero-order valence-corrected chi connectivity index (χ0v) is 16.2. The molecule has 1 unspecified atom stereocenters. The van der Waals surface area contributed by atoms with E-state index in [1.807, 2.05) is 12.3 Å². The molecule has 0 spiro atoms. The van der Waals surface area contributed by atoms with Crippen molar-refractivity contribution >= 4 is 23.1 Å². The summed E-state index contributed by atoms with van der Waals surface area (Å²) in [5.74, 6) is 0.628. The summed E-state index contributed by atoms with van der Waals surface area (Å²) >= 11 is 1.77. The van der Waals surface area contributed by atoms with Gasteiger partial charge in [0.25, 0.3) is 0 Å². The van der Waals surface area contributed by atoms with Crippen LogP contribution in [0.3, 0.4) is 0 Å². The number of nitrogens with two attached hydrogens (primary N) is 1. The van der Waals surface area contributed by atoms with Crippen molar-refractivity contribution < 1.29 is 0 Å². The van der Waals surface area contributed by atoms with Gasteiger partial charge in [-0.1, -0.05) is 74.2 Å². The third-order valence-electron chi connectivity index (χ3n) is 4.46. The highest BCUT2D eigenvalue weighted by Gasteiger charge is 2.09. The van der Waals surface area contributed by atoms with Gasteiger partial charge in [-0.05, 0) is 42.5 Å². The van der Waals surface area contributed by atoms with E-state index in [2.05, 4.69) is 79.9 Å². The fourth-order valence-corrected chi connectivity index (χ4v) is 3.80. The van der Waals surface area contributed by atoms with Gasteiger partial charge in [-0.15, -0.1) is 0 Å². The quantitative estimate of drug-likeness (QED) is 0.643. The Morgan fingerprint density at radius 3 is 2.65 bits per heavy atom. The van der Waals surface area contributed by atoms with Crippen LogP contribution in [0.2, 0.25) is 0 Å². The fourth-order valence-electron chi connectivity index (χ4n) is 2.78. The molecule has 0 amide bonds. The zero-order chi connectivity index (χ0) is 18.4. The molecule has 1 aliphatic rings. The maximum absolute atomic E-state index is 6.37. The van der Waals surface area contributed by atoms with Gasteiger partial charge in [-0.3, -0.25) is 0 Å². The zero-order valence-electron chi connectivity index (χ0n) is 15.4. The van der Waals surface area contributed by atoms with Gasteiger partial charge in [0, 0.05) is 27.3 Å². The molecule has 2 aromatic rings. The number of nitrogens with one attached hydrogen (secondary N) is 1. The standard InChI is InChI=1S/C23H26N2S/c1-3-18-10-12-19(13-11-18)25-16-22(24)21-6-4-5-7-23(21)26-20-14-8-17(2)9-15-20/h4-8,10-17,25H,3,9,24H2,1-2H3/b22-16-. The number of hydrogen-bond acceptors (Lipinski definition) is 3. The summed E-state index contributed by atoms with van der Waals surface area (Å²) in [5.41, 5.74) is 10.5. The van der Waals surface area contributed by atoms with Crippen molar-refractivity contribution in [1.29, 1.82) is 0 Å². The maximum atomic E-state index is 6.37. The van der Waals surface area contributed by atoms with Gasteiger partial charge in [-0.25, -0.2) is 0 Å². The van der Waals surface area contributed by atoms with Crippen molar-refractivity contribution in [2.75, 3.05) is 5.32 Å². The molecule has 3 rings (SSSR count). The average molecular weight is 363 g/mol. The van der Waals surface area contributed by atoms with Crippen LogP contribution in [0.25, 0.3) is 5.70 Å². The van der Waals surface area contributed by atoms with Crippen LogP contribution in [0, 0.1) is 5.92 Å². The fraction of sp³-hybridized carbons (Fsp3) is 0.217. The van der Waals surface area contributed by atoms with E-state index in [4.69, 9.17) is 5.73 Å². The molecule has 0 radical (unpaired) electrons. The molecule has 26 heavy (non-hydrogen) atoms. The van der Waals surface area contributed by atoms with E-state index in [9.17, 15) is 0 Å². The van der Waals surface area contributed by atoms with E-state index in [0.29, 0.717) is 5.92 Å². The largest absolute Gasteiger partial charge is 0.397 e. The molecule has 0 saturated heterocycles. The number of thioether (sulfide) groups is 1. The minimum Gasteiger partial charge on any atom is -0.397 e. The summed E-state index contributed by atoms with van der Waals surface area (Å²) < 4.78 is 0. The lowest BCUT2D eigenvalue weighted by molar-refractivity contribution is 0.735. The van der Waals surface area contributed by atoms with Crippen LogP contribution in [0.15, 0.2) is 82.8 Å². The Morgan fingerprint density at radius 2 is 1.96 bits per heavy atom. The predicted molar refractivity (Wildman–Crippen MR) is 115 cm³/mol. The Kier molecular flexibility index (Phi) is 6.24. The molecular weight excluding hydrogens is 336 g/mol. The molecule has 2 nitrogen and oxygen atoms in total. The lowest BCUT2D eigenvalue weighted by atomic mass is 10.0. The van der Waals surface area contributed by atoms with Crippen LogP contribution >= 0.6 is 11.8 Å². The second-order valence-corrected chi connectivity index (χ2v) is 7.69. The summed E-state index contributed by atoms with van der Waals surface area (Å²) in [4.78, 5) is 2.46. The lowest BCUT2D eigenvalue weighted by Crippen LogP contribution is -2.02. The molecule has 3 N–H and O–H groups in total. The van der Waals surface area contributed by atoms with E-state index < -0.39 is 0 Å². The number of benzene rings is 2. The van der Waals surface area contributed by atoms with Crippen molar-refractivity contribution in [1.82, 2.24) is 0 Å². The number of aryl methyl sites for hydroxylation is 1. The topological polar surface area (TPSA) is 38.0 Å². The first-order chi connectivity index (χ1) is 12.7. The van der Waals surface area contributed by atoms with Crippen molar-refractivity contribution in [3.63, 3.8) is 0 Å². The van der Waals surface area contributed by atoms with Crippen molar-refractivity contribution in [3.05, 3.63) is 89.0 Å². The Bertz CT molecular complexity index is 832. The van der Waals surface area contributed by atoms with Crippen LogP contribution in [0.5, 0.6) is 0 Å². The third-order valence-corrected chi connectivity index (χ3v) is 5.58. The Hall–Kier alpha value is -2.39. The predicted octanol–water partition coefficient (Wildman–Crippen LogP) is 6.19. The van der Waals surface area contributed by atoms with Crippen LogP contribution in [0.1, 0.15) is 31.4 Å². The summed E-state index contributed by atoms with van der Waals surface area (Å²) in [6.45, 7) is 4.40. The molecular formula is C23H26N2S. The van der Waals surface area contributed by atoms with E-state index in [-0.39, 0.29) is 0 Å². The molecule has 0 aliphatic heterocycles. The second-order valence-electron chi connectivity index (χ2n) is 6.57. The van der Waals surface area contributed by atoms with Crippen LogP contribution in [-0.4, -0.2) is 0 Å². The number of anilines is 1. The molecule has 0 heterocycles. The van der Waals surface area contributed by atoms with Crippen molar-refractivity contribution in [3.8, 4) is 0 Å². The van der Waals surface area contributed by atoms with Crippen molar-refractivity contribution in [2.45, 2.75) is 31.6 Å².